The maximum absolute atomic E-state index is 3.20. The lowest BCUT2D eigenvalue weighted by molar-refractivity contribution is 0.288. The molecule has 0 aromatic heterocycles. The second-order valence-corrected chi connectivity index (χ2v) is 13.2. The summed E-state index contributed by atoms with van der Waals surface area (Å²) in [6, 6.07) is 0. The highest BCUT2D eigenvalue weighted by molar-refractivity contribution is 5.42. The number of hydrogen-bond donors (Lipinski definition) is 0. The third-order valence-corrected chi connectivity index (χ3v) is 8.27. The van der Waals surface area contributed by atoms with Gasteiger partial charge in [-0.15, -0.1) is 0 Å². The van der Waals surface area contributed by atoms with Crippen molar-refractivity contribution in [1.29, 1.82) is 0 Å². The fourth-order valence-corrected chi connectivity index (χ4v) is 5.81. The van der Waals surface area contributed by atoms with E-state index in [4.69, 9.17) is 0 Å². The van der Waals surface area contributed by atoms with E-state index in [0.717, 1.165) is 17.6 Å². The van der Waals surface area contributed by atoms with E-state index in [1.165, 1.54) is 60.8 Å². The highest BCUT2D eigenvalue weighted by Crippen LogP contribution is 2.43. The predicted octanol–water partition coefficient (Wildman–Crippen LogP) is 11.0. The van der Waals surface area contributed by atoms with Crippen molar-refractivity contribution < 1.29 is 0 Å². The summed E-state index contributed by atoms with van der Waals surface area (Å²) in [6.45, 7) is 22.4. The molecule has 0 N–H and O–H groups in total. The van der Waals surface area contributed by atoms with E-state index < -0.39 is 0 Å². The van der Waals surface area contributed by atoms with Gasteiger partial charge in [-0.2, -0.15) is 0 Å². The highest BCUT2D eigenvalue weighted by atomic mass is 14.4. The van der Waals surface area contributed by atoms with Gasteiger partial charge in [0.25, 0.3) is 0 Å². The SMILES string of the molecule is CC1=C(/C=C/C(C)=C/C#C/C(C)=C/C#C/C=C(\C)C#C/C=C(/C)C/C=C2/C(C)CCCC2(C)C)C(C)(C)CCC1. The summed E-state index contributed by atoms with van der Waals surface area (Å²) in [5.74, 6) is 19.6. The molecule has 1 unspecified atom stereocenters. The van der Waals surface area contributed by atoms with Gasteiger partial charge in [0.2, 0.25) is 0 Å². The molecule has 0 heterocycles. The zero-order valence-electron chi connectivity index (χ0n) is 27.1. The van der Waals surface area contributed by atoms with Crippen LogP contribution < -0.4 is 0 Å². The quantitative estimate of drug-likeness (QED) is 0.192. The van der Waals surface area contributed by atoms with Crippen molar-refractivity contribution in [3.8, 4) is 35.5 Å². The van der Waals surface area contributed by atoms with Gasteiger partial charge in [0, 0.05) is 11.1 Å². The molecule has 0 amide bonds. The maximum Gasteiger partial charge on any atom is 0.00763 e. The minimum atomic E-state index is 0.263. The molecule has 0 heteroatoms. The van der Waals surface area contributed by atoms with Crippen molar-refractivity contribution in [2.75, 3.05) is 0 Å². The highest BCUT2D eigenvalue weighted by Gasteiger charge is 2.30. The van der Waals surface area contributed by atoms with Gasteiger partial charge in [0.15, 0.2) is 0 Å². The Balaban J connectivity index is 1.93. The monoisotopic (exact) mass is 532 g/mol. The molecule has 0 saturated heterocycles. The average molecular weight is 533 g/mol. The Labute approximate surface area is 247 Å². The largest absolute Gasteiger partial charge is 0.0804 e. The molecule has 2 aliphatic rings. The molecule has 0 aromatic carbocycles. The second kappa shape index (κ2) is 15.6. The predicted molar refractivity (Wildman–Crippen MR) is 177 cm³/mol. The zero-order valence-corrected chi connectivity index (χ0v) is 27.1. The van der Waals surface area contributed by atoms with Crippen LogP contribution in [-0.4, -0.2) is 0 Å². The van der Waals surface area contributed by atoms with Crippen molar-refractivity contribution >= 4 is 0 Å². The van der Waals surface area contributed by atoms with Crippen LogP contribution in [0.3, 0.4) is 0 Å². The molecule has 1 saturated carbocycles. The first kappa shape index (κ1) is 33.1. The van der Waals surface area contributed by atoms with Crippen LogP contribution in [0.25, 0.3) is 0 Å². The van der Waals surface area contributed by atoms with Crippen molar-refractivity contribution in [1.82, 2.24) is 0 Å². The van der Waals surface area contributed by atoms with Gasteiger partial charge in [0.05, 0.1) is 0 Å². The van der Waals surface area contributed by atoms with Gasteiger partial charge >= 0.3 is 0 Å². The van der Waals surface area contributed by atoms with Crippen molar-refractivity contribution in [3.63, 3.8) is 0 Å². The smallest absolute Gasteiger partial charge is 0.00763 e. The Morgan fingerprint density at radius 2 is 1.40 bits per heavy atom. The summed E-state index contributed by atoms with van der Waals surface area (Å²) < 4.78 is 0. The molecule has 40 heavy (non-hydrogen) atoms. The lowest BCUT2D eigenvalue weighted by Gasteiger charge is -2.37. The standard InChI is InChI=1S/C40H52/c1-31(19-13-21-33(3)25-27-37-35(5)23-15-29-39(37,7)8)17-11-12-18-32(2)20-14-22-34(4)26-28-38-36(6)24-16-30-40(38,9)10/h17-18,21-22,25,27-28,36H,15-16,23-24,26,29-30H2,1-10H3/b27-25+,31-17+,32-18+,33-21+,34-22-,38-28-. The van der Waals surface area contributed by atoms with Crippen molar-refractivity contribution in [2.24, 2.45) is 16.7 Å². The van der Waals surface area contributed by atoms with Crippen LogP contribution in [0.1, 0.15) is 114 Å². The minimum absolute atomic E-state index is 0.263. The molecule has 1 atom stereocenters. The van der Waals surface area contributed by atoms with Crippen LogP contribution in [0.15, 0.2) is 81.5 Å². The van der Waals surface area contributed by atoms with Crippen molar-refractivity contribution in [2.45, 2.75) is 114 Å². The van der Waals surface area contributed by atoms with E-state index >= 15 is 0 Å². The third-order valence-electron chi connectivity index (χ3n) is 8.27. The van der Waals surface area contributed by atoms with Crippen LogP contribution in [0.4, 0.5) is 0 Å². The van der Waals surface area contributed by atoms with Crippen LogP contribution in [0, 0.1) is 52.3 Å². The summed E-state index contributed by atoms with van der Waals surface area (Å²) in [7, 11) is 0. The molecule has 0 spiro atoms. The molecule has 2 aliphatic carbocycles. The molecule has 0 bridgehead atoms. The summed E-state index contributed by atoms with van der Waals surface area (Å²) in [4.78, 5) is 0. The van der Waals surface area contributed by atoms with E-state index in [-0.39, 0.29) is 5.41 Å². The number of rotatable bonds is 4. The first-order chi connectivity index (χ1) is 18.8. The Kier molecular flexibility index (Phi) is 12.9. The van der Waals surface area contributed by atoms with E-state index in [9.17, 15) is 0 Å². The summed E-state index contributed by atoms with van der Waals surface area (Å²) in [5.41, 5.74) is 9.60. The molecule has 0 aliphatic heterocycles. The lowest BCUT2D eigenvalue weighted by atomic mass is 9.68. The van der Waals surface area contributed by atoms with Gasteiger partial charge in [-0.1, -0.05) is 112 Å². The number of hydrogen-bond acceptors (Lipinski definition) is 0. The first-order valence-corrected chi connectivity index (χ1v) is 15.1. The van der Waals surface area contributed by atoms with Crippen LogP contribution in [0.5, 0.6) is 0 Å². The minimum Gasteiger partial charge on any atom is -0.0804 e. The Morgan fingerprint density at radius 3 is 2.00 bits per heavy atom. The second-order valence-electron chi connectivity index (χ2n) is 13.2. The molecule has 0 nitrogen and oxygen atoms in total. The molecule has 212 valence electrons. The van der Waals surface area contributed by atoms with Crippen LogP contribution in [0.2, 0.25) is 0 Å². The van der Waals surface area contributed by atoms with Gasteiger partial charge in [-0.3, -0.25) is 0 Å². The lowest BCUT2D eigenvalue weighted by Crippen LogP contribution is -2.24. The Morgan fingerprint density at radius 1 is 0.800 bits per heavy atom. The molecular formula is C40H52. The topological polar surface area (TPSA) is 0 Å². The summed E-state index contributed by atoms with van der Waals surface area (Å²) >= 11 is 0. The average Bonchev–Trinajstić information content (AvgIpc) is 2.85. The molecule has 0 radical (unpaired) electrons. The van der Waals surface area contributed by atoms with E-state index in [0.29, 0.717) is 11.3 Å². The maximum atomic E-state index is 3.20. The third kappa shape index (κ3) is 11.2. The zero-order chi connectivity index (χ0) is 29.8. The van der Waals surface area contributed by atoms with E-state index in [1.54, 1.807) is 5.57 Å². The Hall–Kier alpha value is -3.14. The fourth-order valence-electron chi connectivity index (χ4n) is 5.81. The Bertz CT molecular complexity index is 1320. The molecule has 0 aromatic rings. The van der Waals surface area contributed by atoms with Crippen molar-refractivity contribution in [3.05, 3.63) is 81.5 Å². The van der Waals surface area contributed by atoms with E-state index in [1.807, 2.05) is 38.2 Å². The van der Waals surface area contributed by atoms with Gasteiger partial charge in [-0.25, -0.2) is 0 Å². The number of allylic oxidation sites excluding steroid dienone is 14. The molecule has 2 rings (SSSR count). The van der Waals surface area contributed by atoms with E-state index in [2.05, 4.69) is 109 Å². The first-order valence-electron chi connectivity index (χ1n) is 15.1. The molecule has 1 fully saturated rings. The molecular weight excluding hydrogens is 480 g/mol. The van der Waals surface area contributed by atoms with Crippen LogP contribution >= 0.6 is 0 Å². The van der Waals surface area contributed by atoms with Gasteiger partial charge < -0.3 is 0 Å². The fraction of sp³-hybridized carbons (Fsp3) is 0.500. The summed E-state index contributed by atoms with van der Waals surface area (Å²) in [6.07, 6.45) is 23.4. The normalized spacial score (nSPS) is 22.8. The van der Waals surface area contributed by atoms with Gasteiger partial charge in [-0.05, 0) is 125 Å². The summed E-state index contributed by atoms with van der Waals surface area (Å²) in [5, 5.41) is 0. The van der Waals surface area contributed by atoms with Crippen LogP contribution in [-0.2, 0) is 0 Å². The van der Waals surface area contributed by atoms with Gasteiger partial charge in [0.1, 0.15) is 0 Å².